The summed E-state index contributed by atoms with van der Waals surface area (Å²) in [5.74, 6) is 0. The molecule has 1 atom stereocenters. The Balaban J connectivity index is 1.66. The number of hydrogen-bond donors (Lipinski definition) is 1. The van der Waals surface area contributed by atoms with E-state index in [1.807, 2.05) is 0 Å². The van der Waals surface area contributed by atoms with Gasteiger partial charge >= 0.3 is 0 Å². The molecule has 0 spiro atoms. The van der Waals surface area contributed by atoms with Crippen molar-refractivity contribution in [3.63, 3.8) is 0 Å². The first kappa shape index (κ1) is 4.77. The molecule has 2 aliphatic rings. The average Bonchev–Trinajstić information content (AvgIpc) is 2.36. The Hall–Kier alpha value is -0.0800. The van der Waals surface area contributed by atoms with Crippen LogP contribution < -0.4 is 5.32 Å². The van der Waals surface area contributed by atoms with E-state index >= 15 is 0 Å². The predicted molar refractivity (Wildman–Crippen MR) is 30.5 cm³/mol. The first-order valence-electron chi connectivity index (χ1n) is 3.34. The Morgan fingerprint density at radius 1 is 1.38 bits per heavy atom. The van der Waals surface area contributed by atoms with Crippen LogP contribution >= 0.6 is 0 Å². The zero-order valence-corrected chi connectivity index (χ0v) is 4.89. The van der Waals surface area contributed by atoms with Crippen molar-refractivity contribution in [1.29, 1.82) is 0 Å². The van der Waals surface area contributed by atoms with E-state index in [2.05, 4.69) is 5.32 Å². The molecular weight excluding hydrogens is 102 g/mol. The van der Waals surface area contributed by atoms with Crippen LogP contribution in [0, 0.1) is 0 Å². The van der Waals surface area contributed by atoms with Gasteiger partial charge in [0.05, 0.1) is 6.10 Å². The molecule has 46 valence electrons. The number of ether oxygens (including phenoxy) is 1. The summed E-state index contributed by atoms with van der Waals surface area (Å²) >= 11 is 0. The molecule has 1 saturated heterocycles. The molecule has 1 saturated carbocycles. The van der Waals surface area contributed by atoms with E-state index < -0.39 is 0 Å². The van der Waals surface area contributed by atoms with Gasteiger partial charge in [-0.25, -0.2) is 0 Å². The Morgan fingerprint density at radius 2 is 2.12 bits per heavy atom. The second-order valence-electron chi connectivity index (χ2n) is 2.59. The molecule has 0 amide bonds. The standard InChI is InChI=1S/C6H11NO/c1-2-5(3-1)8-6-4-7-6/h5-7H,1-4H2. The molecule has 1 aliphatic carbocycles. The smallest absolute Gasteiger partial charge is 0.121 e. The molecule has 2 heteroatoms. The van der Waals surface area contributed by atoms with Crippen molar-refractivity contribution < 1.29 is 4.74 Å². The first-order valence-corrected chi connectivity index (χ1v) is 3.34. The fourth-order valence-corrected chi connectivity index (χ4v) is 0.884. The van der Waals surface area contributed by atoms with E-state index in [0.29, 0.717) is 12.3 Å². The molecule has 2 rings (SSSR count). The normalized spacial score (nSPS) is 36.8. The van der Waals surface area contributed by atoms with E-state index in [4.69, 9.17) is 4.74 Å². The van der Waals surface area contributed by atoms with Crippen LogP contribution in [0.25, 0.3) is 0 Å². The largest absolute Gasteiger partial charge is 0.359 e. The Morgan fingerprint density at radius 3 is 2.50 bits per heavy atom. The van der Waals surface area contributed by atoms with E-state index in [9.17, 15) is 0 Å². The summed E-state index contributed by atoms with van der Waals surface area (Å²) in [7, 11) is 0. The number of nitrogens with one attached hydrogen (secondary N) is 1. The van der Waals surface area contributed by atoms with E-state index in [-0.39, 0.29) is 0 Å². The van der Waals surface area contributed by atoms with Crippen LogP contribution in [-0.2, 0) is 4.74 Å². The van der Waals surface area contributed by atoms with Crippen LogP contribution in [0.2, 0.25) is 0 Å². The monoisotopic (exact) mass is 113 g/mol. The molecular formula is C6H11NO. The highest BCUT2D eigenvalue weighted by Gasteiger charge is 2.28. The predicted octanol–water partition coefficient (Wildman–Crippen LogP) is 0.485. The molecule has 8 heavy (non-hydrogen) atoms. The highest BCUT2D eigenvalue weighted by molar-refractivity contribution is 4.78. The molecule has 1 N–H and O–H groups in total. The highest BCUT2D eigenvalue weighted by atomic mass is 16.5. The zero-order chi connectivity index (χ0) is 5.40. The SMILES string of the molecule is C1CC(OC2CN2)C1. The summed E-state index contributed by atoms with van der Waals surface area (Å²) in [6.07, 6.45) is 4.99. The molecule has 0 aromatic carbocycles. The second kappa shape index (κ2) is 1.71. The Bertz CT molecular complexity index is 86.5. The summed E-state index contributed by atoms with van der Waals surface area (Å²) < 4.78 is 5.49. The number of rotatable bonds is 2. The minimum atomic E-state index is 0.431. The van der Waals surface area contributed by atoms with Gasteiger partial charge in [0.25, 0.3) is 0 Å². The molecule has 0 aromatic heterocycles. The molecule has 1 heterocycles. The van der Waals surface area contributed by atoms with E-state index in [1.165, 1.54) is 19.3 Å². The Kier molecular flexibility index (Phi) is 1.02. The van der Waals surface area contributed by atoms with Crippen molar-refractivity contribution in [1.82, 2.24) is 5.32 Å². The van der Waals surface area contributed by atoms with E-state index in [0.717, 1.165) is 6.54 Å². The molecule has 0 bridgehead atoms. The second-order valence-corrected chi connectivity index (χ2v) is 2.59. The van der Waals surface area contributed by atoms with Crippen molar-refractivity contribution in [2.75, 3.05) is 6.54 Å². The van der Waals surface area contributed by atoms with Gasteiger partial charge < -0.3 is 4.74 Å². The first-order chi connectivity index (χ1) is 3.95. The van der Waals surface area contributed by atoms with Gasteiger partial charge in [0, 0.05) is 6.54 Å². The lowest BCUT2D eigenvalue weighted by Crippen LogP contribution is -2.23. The quantitative estimate of drug-likeness (QED) is 0.528. The minimum Gasteiger partial charge on any atom is -0.359 e. The fourth-order valence-electron chi connectivity index (χ4n) is 0.884. The van der Waals surface area contributed by atoms with Crippen molar-refractivity contribution >= 4 is 0 Å². The summed E-state index contributed by atoms with van der Waals surface area (Å²) in [6, 6.07) is 0. The van der Waals surface area contributed by atoms with Gasteiger partial charge in [0.15, 0.2) is 0 Å². The van der Waals surface area contributed by atoms with Crippen LogP contribution in [0.3, 0.4) is 0 Å². The van der Waals surface area contributed by atoms with Gasteiger partial charge in [-0.15, -0.1) is 0 Å². The summed E-state index contributed by atoms with van der Waals surface area (Å²) in [5, 5.41) is 3.11. The summed E-state index contributed by atoms with van der Waals surface area (Å²) in [6.45, 7) is 1.08. The van der Waals surface area contributed by atoms with Gasteiger partial charge in [0.2, 0.25) is 0 Å². The van der Waals surface area contributed by atoms with Crippen molar-refractivity contribution in [3.8, 4) is 0 Å². The van der Waals surface area contributed by atoms with Crippen LogP contribution in [-0.4, -0.2) is 18.9 Å². The third-order valence-corrected chi connectivity index (χ3v) is 1.78. The maximum Gasteiger partial charge on any atom is 0.121 e. The molecule has 2 nitrogen and oxygen atoms in total. The lowest BCUT2D eigenvalue weighted by molar-refractivity contribution is -0.0106. The van der Waals surface area contributed by atoms with Gasteiger partial charge in [-0.1, -0.05) is 0 Å². The molecule has 1 aliphatic heterocycles. The minimum absolute atomic E-state index is 0.431. The lowest BCUT2D eigenvalue weighted by atomic mass is 9.96. The highest BCUT2D eigenvalue weighted by Crippen LogP contribution is 2.24. The fraction of sp³-hybridized carbons (Fsp3) is 1.00. The van der Waals surface area contributed by atoms with Gasteiger partial charge in [-0.05, 0) is 19.3 Å². The molecule has 2 fully saturated rings. The third-order valence-electron chi connectivity index (χ3n) is 1.78. The number of hydrogen-bond acceptors (Lipinski definition) is 2. The zero-order valence-electron chi connectivity index (χ0n) is 4.89. The van der Waals surface area contributed by atoms with Gasteiger partial charge in [-0.2, -0.15) is 0 Å². The molecule has 1 unspecified atom stereocenters. The van der Waals surface area contributed by atoms with Crippen LogP contribution in [0.15, 0.2) is 0 Å². The maximum absolute atomic E-state index is 5.49. The third kappa shape index (κ3) is 0.858. The van der Waals surface area contributed by atoms with Crippen LogP contribution in [0.1, 0.15) is 19.3 Å². The van der Waals surface area contributed by atoms with Crippen molar-refractivity contribution in [2.24, 2.45) is 0 Å². The van der Waals surface area contributed by atoms with Crippen molar-refractivity contribution in [2.45, 2.75) is 31.6 Å². The van der Waals surface area contributed by atoms with Crippen LogP contribution in [0.5, 0.6) is 0 Å². The van der Waals surface area contributed by atoms with Crippen molar-refractivity contribution in [3.05, 3.63) is 0 Å². The van der Waals surface area contributed by atoms with Gasteiger partial charge in [0.1, 0.15) is 6.23 Å². The lowest BCUT2D eigenvalue weighted by Gasteiger charge is -2.24. The average molecular weight is 113 g/mol. The maximum atomic E-state index is 5.49. The Labute approximate surface area is 49.2 Å². The van der Waals surface area contributed by atoms with Crippen LogP contribution in [0.4, 0.5) is 0 Å². The van der Waals surface area contributed by atoms with Gasteiger partial charge in [-0.3, -0.25) is 5.32 Å². The molecule has 0 aromatic rings. The summed E-state index contributed by atoms with van der Waals surface area (Å²) in [5.41, 5.74) is 0. The topological polar surface area (TPSA) is 31.2 Å². The molecule has 0 radical (unpaired) electrons. The summed E-state index contributed by atoms with van der Waals surface area (Å²) in [4.78, 5) is 0. The van der Waals surface area contributed by atoms with E-state index in [1.54, 1.807) is 0 Å².